The van der Waals surface area contributed by atoms with Crippen LogP contribution in [0, 0.1) is 0 Å². The Morgan fingerprint density at radius 2 is 1.95 bits per heavy atom. The first kappa shape index (κ1) is 14.0. The zero-order valence-corrected chi connectivity index (χ0v) is 11.8. The summed E-state index contributed by atoms with van der Waals surface area (Å²) in [4.78, 5) is 15.9. The lowest BCUT2D eigenvalue weighted by molar-refractivity contribution is 0.102. The number of amidine groups is 1. The van der Waals surface area contributed by atoms with Gasteiger partial charge < -0.3 is 16.3 Å². The molecular weight excluding hydrogens is 324 g/mol. The lowest BCUT2D eigenvalue weighted by atomic mass is 10.2. The molecule has 2 aromatic rings. The summed E-state index contributed by atoms with van der Waals surface area (Å²) in [5.41, 5.74) is 6.76. The minimum absolute atomic E-state index is 0.0580. The van der Waals surface area contributed by atoms with E-state index in [1.807, 2.05) is 12.1 Å². The summed E-state index contributed by atoms with van der Waals surface area (Å²) in [5.74, 6) is -0.393. The lowest BCUT2D eigenvalue weighted by Gasteiger charge is -2.05. The van der Waals surface area contributed by atoms with Gasteiger partial charge >= 0.3 is 0 Å². The number of nitrogens with one attached hydrogen (secondary N) is 1. The maximum Gasteiger partial charge on any atom is 0.274 e. The Morgan fingerprint density at radius 1 is 1.25 bits per heavy atom. The lowest BCUT2D eigenvalue weighted by Crippen LogP contribution is -2.16. The minimum atomic E-state index is -0.335. The van der Waals surface area contributed by atoms with E-state index in [9.17, 15) is 4.79 Å². The third-order valence-corrected chi connectivity index (χ3v) is 3.03. The molecule has 1 aromatic carbocycles. The van der Waals surface area contributed by atoms with Crippen molar-refractivity contribution < 1.29 is 10.0 Å². The number of benzene rings is 1. The number of hydrogen-bond donors (Lipinski definition) is 3. The van der Waals surface area contributed by atoms with Gasteiger partial charge in [-0.25, -0.2) is 0 Å². The molecule has 0 bridgehead atoms. The van der Waals surface area contributed by atoms with Crippen LogP contribution in [0.1, 0.15) is 16.1 Å². The van der Waals surface area contributed by atoms with Crippen molar-refractivity contribution in [2.75, 3.05) is 5.32 Å². The SMILES string of the molecule is NC(=NO)c1ccc(C(=O)Nc2ccc(Br)cc2)nc1. The molecule has 1 aromatic heterocycles. The van der Waals surface area contributed by atoms with Gasteiger partial charge in [-0.15, -0.1) is 0 Å². The summed E-state index contributed by atoms with van der Waals surface area (Å²) in [5, 5.41) is 14.1. The number of aromatic nitrogens is 1. The van der Waals surface area contributed by atoms with Crippen molar-refractivity contribution >= 4 is 33.4 Å². The van der Waals surface area contributed by atoms with Crippen LogP contribution in [0.3, 0.4) is 0 Å². The van der Waals surface area contributed by atoms with E-state index in [1.54, 1.807) is 18.2 Å². The van der Waals surface area contributed by atoms with Gasteiger partial charge in [-0.1, -0.05) is 21.1 Å². The summed E-state index contributed by atoms with van der Waals surface area (Å²) >= 11 is 3.32. The summed E-state index contributed by atoms with van der Waals surface area (Å²) in [7, 11) is 0. The first-order valence-corrected chi connectivity index (χ1v) is 6.40. The molecule has 0 aliphatic carbocycles. The Morgan fingerprint density at radius 3 is 2.50 bits per heavy atom. The Kier molecular flexibility index (Phi) is 4.31. The zero-order chi connectivity index (χ0) is 14.5. The minimum Gasteiger partial charge on any atom is -0.409 e. The molecule has 0 spiro atoms. The van der Waals surface area contributed by atoms with Crippen LogP contribution in [0.4, 0.5) is 5.69 Å². The highest BCUT2D eigenvalue weighted by Crippen LogP contribution is 2.14. The summed E-state index contributed by atoms with van der Waals surface area (Å²) < 4.78 is 0.928. The van der Waals surface area contributed by atoms with Crippen LogP contribution in [0.2, 0.25) is 0 Å². The third-order valence-electron chi connectivity index (χ3n) is 2.50. The van der Waals surface area contributed by atoms with E-state index < -0.39 is 0 Å². The van der Waals surface area contributed by atoms with Gasteiger partial charge in [-0.3, -0.25) is 9.78 Å². The number of hydrogen-bond acceptors (Lipinski definition) is 4. The van der Waals surface area contributed by atoms with Gasteiger partial charge in [0.15, 0.2) is 5.84 Å². The maximum atomic E-state index is 12.0. The highest BCUT2D eigenvalue weighted by Gasteiger charge is 2.08. The molecule has 1 heterocycles. The van der Waals surface area contributed by atoms with Crippen LogP contribution in [0.5, 0.6) is 0 Å². The molecule has 4 N–H and O–H groups in total. The topological polar surface area (TPSA) is 101 Å². The average molecular weight is 335 g/mol. The number of nitrogens with zero attached hydrogens (tertiary/aromatic N) is 2. The van der Waals surface area contributed by atoms with Crippen LogP contribution in [0.15, 0.2) is 52.2 Å². The molecule has 0 saturated heterocycles. The number of oxime groups is 1. The zero-order valence-electron chi connectivity index (χ0n) is 10.2. The highest BCUT2D eigenvalue weighted by molar-refractivity contribution is 9.10. The molecule has 20 heavy (non-hydrogen) atoms. The average Bonchev–Trinajstić information content (AvgIpc) is 2.49. The molecule has 0 aliphatic rings. The first-order valence-electron chi connectivity index (χ1n) is 5.61. The number of amides is 1. The molecule has 1 amide bonds. The van der Waals surface area contributed by atoms with Crippen LogP contribution < -0.4 is 11.1 Å². The van der Waals surface area contributed by atoms with Crippen LogP contribution in [-0.4, -0.2) is 21.9 Å². The fraction of sp³-hybridized carbons (Fsp3) is 0. The molecule has 7 heteroatoms. The molecule has 0 radical (unpaired) electrons. The number of rotatable bonds is 3. The number of anilines is 1. The van der Waals surface area contributed by atoms with Gasteiger partial charge in [-0.05, 0) is 36.4 Å². The van der Waals surface area contributed by atoms with E-state index in [0.29, 0.717) is 11.3 Å². The molecule has 0 unspecified atom stereocenters. The predicted octanol–water partition coefficient (Wildman–Crippen LogP) is 2.19. The quantitative estimate of drug-likeness (QED) is 0.346. The second-order valence-corrected chi connectivity index (χ2v) is 4.79. The summed E-state index contributed by atoms with van der Waals surface area (Å²) in [6.45, 7) is 0. The van der Waals surface area contributed by atoms with Crippen molar-refractivity contribution in [1.82, 2.24) is 4.98 Å². The van der Waals surface area contributed by atoms with Crippen LogP contribution >= 0.6 is 15.9 Å². The maximum absolute atomic E-state index is 12.0. The van der Waals surface area contributed by atoms with E-state index >= 15 is 0 Å². The first-order chi connectivity index (χ1) is 9.60. The highest BCUT2D eigenvalue weighted by atomic mass is 79.9. The van der Waals surface area contributed by atoms with Gasteiger partial charge in [0.2, 0.25) is 0 Å². The normalized spacial score (nSPS) is 11.2. The van der Waals surface area contributed by atoms with Crippen molar-refractivity contribution in [2.45, 2.75) is 0 Å². The molecule has 0 fully saturated rings. The standard InChI is InChI=1S/C13H11BrN4O2/c14-9-2-4-10(5-3-9)17-13(19)11-6-1-8(7-16-11)12(15)18-20/h1-7,20H,(H2,15,18)(H,17,19). The van der Waals surface area contributed by atoms with Crippen molar-refractivity contribution in [3.63, 3.8) is 0 Å². The van der Waals surface area contributed by atoms with Gasteiger partial charge in [0.05, 0.1) is 0 Å². The fourth-order valence-corrected chi connectivity index (χ4v) is 1.73. The molecule has 2 rings (SSSR count). The van der Waals surface area contributed by atoms with Crippen molar-refractivity contribution in [2.24, 2.45) is 10.9 Å². The van der Waals surface area contributed by atoms with E-state index in [1.165, 1.54) is 12.3 Å². The number of carbonyl (C=O) groups excluding carboxylic acids is 1. The number of nitrogens with two attached hydrogens (primary N) is 1. The van der Waals surface area contributed by atoms with E-state index in [2.05, 4.69) is 31.4 Å². The molecule has 0 aliphatic heterocycles. The molecule has 6 nitrogen and oxygen atoms in total. The second-order valence-electron chi connectivity index (χ2n) is 3.88. The Balaban J connectivity index is 2.11. The van der Waals surface area contributed by atoms with Crippen molar-refractivity contribution in [3.05, 3.63) is 58.3 Å². The van der Waals surface area contributed by atoms with Gasteiger partial charge in [0, 0.05) is 21.9 Å². The third kappa shape index (κ3) is 3.33. The molecule has 0 atom stereocenters. The second kappa shape index (κ2) is 6.16. The monoisotopic (exact) mass is 334 g/mol. The van der Waals surface area contributed by atoms with E-state index in [0.717, 1.165) is 4.47 Å². The van der Waals surface area contributed by atoms with Gasteiger partial charge in [0.25, 0.3) is 5.91 Å². The fourth-order valence-electron chi connectivity index (χ4n) is 1.47. The summed E-state index contributed by atoms with van der Waals surface area (Å²) in [6, 6.07) is 10.2. The van der Waals surface area contributed by atoms with Crippen LogP contribution in [-0.2, 0) is 0 Å². The number of halogens is 1. The Hall–Kier alpha value is -2.41. The number of pyridine rings is 1. The molecule has 0 saturated carbocycles. The predicted molar refractivity (Wildman–Crippen MR) is 78.8 cm³/mol. The largest absolute Gasteiger partial charge is 0.409 e. The van der Waals surface area contributed by atoms with E-state index in [-0.39, 0.29) is 17.4 Å². The molecular formula is C13H11BrN4O2. The Bertz CT molecular complexity index is 638. The smallest absolute Gasteiger partial charge is 0.274 e. The summed E-state index contributed by atoms with van der Waals surface area (Å²) in [6.07, 6.45) is 1.37. The van der Waals surface area contributed by atoms with Crippen LogP contribution in [0.25, 0.3) is 0 Å². The van der Waals surface area contributed by atoms with Gasteiger partial charge in [0.1, 0.15) is 5.69 Å². The van der Waals surface area contributed by atoms with Crippen molar-refractivity contribution in [3.8, 4) is 0 Å². The number of carbonyl (C=O) groups is 1. The molecule has 102 valence electrons. The van der Waals surface area contributed by atoms with Gasteiger partial charge in [-0.2, -0.15) is 0 Å². The Labute approximate surface area is 123 Å². The van der Waals surface area contributed by atoms with Crippen molar-refractivity contribution in [1.29, 1.82) is 0 Å². The van der Waals surface area contributed by atoms with E-state index in [4.69, 9.17) is 10.9 Å².